The monoisotopic (exact) mass is 506 g/mol. The van der Waals surface area contributed by atoms with Crippen molar-refractivity contribution in [3.63, 3.8) is 0 Å². The zero-order valence-corrected chi connectivity index (χ0v) is 19.1. The van der Waals surface area contributed by atoms with Gasteiger partial charge >= 0.3 is 0 Å². The lowest BCUT2D eigenvalue weighted by atomic mass is 10.0. The number of nitrogens with two attached hydrogens (primary N) is 1. The molecule has 1 aliphatic carbocycles. The van der Waals surface area contributed by atoms with Gasteiger partial charge in [0.25, 0.3) is 0 Å². The van der Waals surface area contributed by atoms with Crippen LogP contribution in [0.3, 0.4) is 0 Å². The summed E-state index contributed by atoms with van der Waals surface area (Å²) in [6.07, 6.45) is 6.82. The largest absolute Gasteiger partial charge is 0.370 e. The standard InChI is InChI=1S/C19H30N4O2S.HI/c1-15-5-4-12-23(14-15)26(24,25)18-10-8-16(9-11-18)13-21-19(20)22-17-6-2-3-7-17;/h8-11,15,17H,2-7,12-14H2,1H3,(H3,20,21,22);1H. The normalized spacial score (nSPS) is 22.4. The van der Waals surface area contributed by atoms with Crippen LogP contribution in [0.5, 0.6) is 0 Å². The van der Waals surface area contributed by atoms with E-state index in [-0.39, 0.29) is 24.0 Å². The Kier molecular flexibility index (Phi) is 8.36. The van der Waals surface area contributed by atoms with Gasteiger partial charge in [-0.2, -0.15) is 4.31 Å². The van der Waals surface area contributed by atoms with Gasteiger partial charge in [-0.05, 0) is 49.3 Å². The van der Waals surface area contributed by atoms with Crippen molar-refractivity contribution in [2.45, 2.75) is 62.9 Å². The van der Waals surface area contributed by atoms with Gasteiger partial charge in [-0.25, -0.2) is 13.4 Å². The van der Waals surface area contributed by atoms with Crippen molar-refractivity contribution in [2.24, 2.45) is 16.6 Å². The highest BCUT2D eigenvalue weighted by molar-refractivity contribution is 14.0. The van der Waals surface area contributed by atoms with E-state index in [4.69, 9.17) is 5.73 Å². The summed E-state index contributed by atoms with van der Waals surface area (Å²) in [5, 5.41) is 3.26. The summed E-state index contributed by atoms with van der Waals surface area (Å²) >= 11 is 0. The molecule has 1 heterocycles. The molecule has 1 atom stereocenters. The molecule has 1 aromatic carbocycles. The molecule has 0 radical (unpaired) electrons. The number of halogens is 1. The number of sulfonamides is 1. The maximum atomic E-state index is 12.8. The number of rotatable bonds is 5. The molecule has 2 fully saturated rings. The smallest absolute Gasteiger partial charge is 0.243 e. The van der Waals surface area contributed by atoms with E-state index in [2.05, 4.69) is 17.2 Å². The van der Waals surface area contributed by atoms with Gasteiger partial charge in [0.2, 0.25) is 10.0 Å². The lowest BCUT2D eigenvalue weighted by Gasteiger charge is -2.30. The summed E-state index contributed by atoms with van der Waals surface area (Å²) in [7, 11) is -3.40. The van der Waals surface area contributed by atoms with Crippen molar-refractivity contribution < 1.29 is 8.42 Å². The highest BCUT2D eigenvalue weighted by atomic mass is 127. The molecule has 1 aliphatic heterocycles. The minimum absolute atomic E-state index is 0. The van der Waals surface area contributed by atoms with E-state index < -0.39 is 10.0 Å². The molecule has 1 saturated heterocycles. The van der Waals surface area contributed by atoms with Gasteiger partial charge in [-0.15, -0.1) is 24.0 Å². The predicted molar refractivity (Wildman–Crippen MR) is 120 cm³/mol. The second-order valence-electron chi connectivity index (χ2n) is 7.58. The minimum Gasteiger partial charge on any atom is -0.370 e. The van der Waals surface area contributed by atoms with Crippen molar-refractivity contribution >= 4 is 40.0 Å². The zero-order chi connectivity index (χ0) is 18.6. The molecule has 1 saturated carbocycles. The molecule has 0 spiro atoms. The average molecular weight is 506 g/mol. The van der Waals surface area contributed by atoms with Gasteiger partial charge in [0, 0.05) is 19.1 Å². The molecular formula is C19H31IN4O2S. The number of hydrogen-bond donors (Lipinski definition) is 2. The van der Waals surface area contributed by atoms with E-state index in [1.165, 1.54) is 12.8 Å². The minimum atomic E-state index is -3.40. The van der Waals surface area contributed by atoms with E-state index in [1.54, 1.807) is 16.4 Å². The van der Waals surface area contributed by atoms with Crippen molar-refractivity contribution in [1.29, 1.82) is 0 Å². The maximum absolute atomic E-state index is 12.8. The summed E-state index contributed by atoms with van der Waals surface area (Å²) in [6, 6.07) is 7.46. The number of hydrogen-bond acceptors (Lipinski definition) is 3. The Labute approximate surface area is 180 Å². The number of benzene rings is 1. The number of piperidine rings is 1. The van der Waals surface area contributed by atoms with Crippen LogP contribution < -0.4 is 11.1 Å². The molecule has 152 valence electrons. The fraction of sp³-hybridized carbons (Fsp3) is 0.632. The fourth-order valence-corrected chi connectivity index (χ4v) is 5.38. The lowest BCUT2D eigenvalue weighted by molar-refractivity contribution is 0.281. The van der Waals surface area contributed by atoms with Gasteiger partial charge in [0.1, 0.15) is 0 Å². The first kappa shape index (κ1) is 22.4. The Morgan fingerprint density at radius 2 is 1.85 bits per heavy atom. The van der Waals surface area contributed by atoms with Crippen LogP contribution in [0.4, 0.5) is 0 Å². The van der Waals surface area contributed by atoms with E-state index >= 15 is 0 Å². The highest BCUT2D eigenvalue weighted by Crippen LogP contribution is 2.23. The SMILES string of the molecule is CC1CCCN(S(=O)(=O)c2ccc(CN=C(N)NC3CCCC3)cc2)C1.I. The van der Waals surface area contributed by atoms with Crippen LogP contribution in [-0.2, 0) is 16.6 Å². The number of nitrogens with zero attached hydrogens (tertiary/aromatic N) is 2. The molecule has 0 bridgehead atoms. The quantitative estimate of drug-likeness (QED) is 0.365. The fourth-order valence-electron chi connectivity index (χ4n) is 3.78. The third-order valence-electron chi connectivity index (χ3n) is 5.32. The third kappa shape index (κ3) is 6.05. The number of nitrogens with one attached hydrogen (secondary N) is 1. The first-order valence-corrected chi connectivity index (χ1v) is 11.0. The zero-order valence-electron chi connectivity index (χ0n) is 15.9. The number of aliphatic imine (C=N–C) groups is 1. The molecule has 0 aromatic heterocycles. The van der Waals surface area contributed by atoms with Gasteiger partial charge in [-0.3, -0.25) is 0 Å². The van der Waals surface area contributed by atoms with Crippen molar-refractivity contribution in [2.75, 3.05) is 13.1 Å². The van der Waals surface area contributed by atoms with Crippen LogP contribution >= 0.6 is 24.0 Å². The molecule has 1 aromatic rings. The van der Waals surface area contributed by atoms with Crippen molar-refractivity contribution in [3.05, 3.63) is 29.8 Å². The molecule has 6 nitrogen and oxygen atoms in total. The summed E-state index contributed by atoms with van der Waals surface area (Å²) in [5.41, 5.74) is 6.90. The van der Waals surface area contributed by atoms with Gasteiger partial charge < -0.3 is 11.1 Å². The lowest BCUT2D eigenvalue weighted by Crippen LogP contribution is -2.39. The molecule has 2 aliphatic rings. The van der Waals surface area contributed by atoms with E-state index in [9.17, 15) is 8.42 Å². The first-order chi connectivity index (χ1) is 12.4. The Hall–Kier alpha value is -0.870. The van der Waals surface area contributed by atoms with Crippen LogP contribution in [0.15, 0.2) is 34.2 Å². The Balaban J connectivity index is 0.00000261. The summed E-state index contributed by atoms with van der Waals surface area (Å²) in [6.45, 7) is 3.78. The molecule has 27 heavy (non-hydrogen) atoms. The summed E-state index contributed by atoms with van der Waals surface area (Å²) < 4.78 is 27.2. The molecule has 1 unspecified atom stereocenters. The predicted octanol–water partition coefficient (Wildman–Crippen LogP) is 3.07. The van der Waals surface area contributed by atoms with E-state index in [0.29, 0.717) is 42.4 Å². The van der Waals surface area contributed by atoms with Crippen LogP contribution in [-0.4, -0.2) is 37.8 Å². The highest BCUT2D eigenvalue weighted by Gasteiger charge is 2.28. The van der Waals surface area contributed by atoms with Crippen LogP contribution in [0.2, 0.25) is 0 Å². The Morgan fingerprint density at radius 1 is 1.19 bits per heavy atom. The molecule has 3 rings (SSSR count). The Morgan fingerprint density at radius 3 is 2.48 bits per heavy atom. The summed E-state index contributed by atoms with van der Waals surface area (Å²) in [4.78, 5) is 4.73. The second-order valence-corrected chi connectivity index (χ2v) is 9.52. The molecule has 3 N–H and O–H groups in total. The van der Waals surface area contributed by atoms with Crippen molar-refractivity contribution in [1.82, 2.24) is 9.62 Å². The maximum Gasteiger partial charge on any atom is 0.243 e. The van der Waals surface area contributed by atoms with E-state index in [0.717, 1.165) is 31.2 Å². The van der Waals surface area contributed by atoms with Crippen LogP contribution in [0.1, 0.15) is 51.0 Å². The summed E-state index contributed by atoms with van der Waals surface area (Å²) in [5.74, 6) is 0.887. The average Bonchev–Trinajstić information content (AvgIpc) is 3.13. The van der Waals surface area contributed by atoms with E-state index in [1.807, 2.05) is 12.1 Å². The molecular weight excluding hydrogens is 475 g/mol. The second kappa shape index (κ2) is 10.1. The Bertz CT molecular complexity index is 731. The third-order valence-corrected chi connectivity index (χ3v) is 7.20. The van der Waals surface area contributed by atoms with Gasteiger partial charge in [0.05, 0.1) is 11.4 Å². The van der Waals surface area contributed by atoms with Gasteiger partial charge in [0.15, 0.2) is 5.96 Å². The van der Waals surface area contributed by atoms with Crippen LogP contribution in [0, 0.1) is 5.92 Å². The first-order valence-electron chi connectivity index (χ1n) is 9.60. The van der Waals surface area contributed by atoms with Gasteiger partial charge in [-0.1, -0.05) is 31.9 Å². The molecule has 0 amide bonds. The van der Waals surface area contributed by atoms with Crippen LogP contribution in [0.25, 0.3) is 0 Å². The molecule has 8 heteroatoms. The van der Waals surface area contributed by atoms with Crippen molar-refractivity contribution in [3.8, 4) is 0 Å². The topological polar surface area (TPSA) is 87.8 Å². The number of guanidine groups is 1.